The van der Waals surface area contributed by atoms with Gasteiger partial charge in [-0.2, -0.15) is 0 Å². The Hall–Kier alpha value is -1.96. The summed E-state index contributed by atoms with van der Waals surface area (Å²) in [5.74, 6) is 1.65. The first-order valence-electron chi connectivity index (χ1n) is 7.97. The number of rotatable bonds is 5. The number of aryl methyl sites for hydroxylation is 2. The summed E-state index contributed by atoms with van der Waals surface area (Å²) in [7, 11) is 0. The number of ether oxygens (including phenoxy) is 1. The fourth-order valence-electron chi connectivity index (χ4n) is 2.86. The highest BCUT2D eigenvalue weighted by atomic mass is 16.5. The van der Waals surface area contributed by atoms with Gasteiger partial charge in [-0.25, -0.2) is 0 Å². The molecule has 0 radical (unpaired) electrons. The summed E-state index contributed by atoms with van der Waals surface area (Å²) in [5.41, 5.74) is 6.09. The molecule has 0 aliphatic carbocycles. The van der Waals surface area contributed by atoms with Crippen molar-refractivity contribution in [2.24, 2.45) is 0 Å². The zero-order valence-corrected chi connectivity index (χ0v) is 14.2. The van der Waals surface area contributed by atoms with Gasteiger partial charge < -0.3 is 9.84 Å². The van der Waals surface area contributed by atoms with Gasteiger partial charge in [0.2, 0.25) is 0 Å². The molecule has 0 fully saturated rings. The zero-order valence-electron chi connectivity index (χ0n) is 14.2. The van der Waals surface area contributed by atoms with E-state index in [2.05, 4.69) is 45.9 Å². The molecule has 0 saturated heterocycles. The largest absolute Gasteiger partial charge is 0.508 e. The molecule has 2 aromatic rings. The van der Waals surface area contributed by atoms with Crippen molar-refractivity contribution >= 4 is 0 Å². The summed E-state index contributed by atoms with van der Waals surface area (Å²) in [4.78, 5) is 0. The van der Waals surface area contributed by atoms with Crippen LogP contribution in [0.2, 0.25) is 0 Å². The molecule has 0 amide bonds. The van der Waals surface area contributed by atoms with Gasteiger partial charge in [-0.05, 0) is 79.1 Å². The summed E-state index contributed by atoms with van der Waals surface area (Å²) in [6, 6.07) is 10.2. The summed E-state index contributed by atoms with van der Waals surface area (Å²) >= 11 is 0. The third-order valence-electron chi connectivity index (χ3n) is 4.08. The van der Waals surface area contributed by atoms with Crippen LogP contribution in [0.15, 0.2) is 30.3 Å². The molecular formula is C20H26O2. The molecule has 0 unspecified atom stereocenters. The first-order chi connectivity index (χ1) is 10.4. The fourth-order valence-corrected chi connectivity index (χ4v) is 2.86. The smallest absolute Gasteiger partial charge is 0.119 e. The van der Waals surface area contributed by atoms with Crippen LogP contribution >= 0.6 is 0 Å². The Morgan fingerprint density at radius 1 is 1.05 bits per heavy atom. The van der Waals surface area contributed by atoms with Crippen LogP contribution in [0.25, 0.3) is 0 Å². The van der Waals surface area contributed by atoms with Crippen LogP contribution < -0.4 is 4.74 Å². The summed E-state index contributed by atoms with van der Waals surface area (Å²) in [5, 5.41) is 9.96. The summed E-state index contributed by atoms with van der Waals surface area (Å²) in [6.45, 7) is 11.2. The number of phenolic OH excluding ortho intramolecular Hbond substituents is 1. The van der Waals surface area contributed by atoms with E-state index in [-0.39, 0.29) is 0 Å². The van der Waals surface area contributed by atoms with Crippen LogP contribution in [0.3, 0.4) is 0 Å². The molecule has 0 atom stereocenters. The Morgan fingerprint density at radius 2 is 1.68 bits per heavy atom. The Morgan fingerprint density at radius 3 is 2.23 bits per heavy atom. The van der Waals surface area contributed by atoms with Gasteiger partial charge in [-0.1, -0.05) is 26.0 Å². The van der Waals surface area contributed by atoms with Crippen molar-refractivity contribution < 1.29 is 9.84 Å². The second-order valence-electron chi connectivity index (χ2n) is 6.19. The Labute approximate surface area is 133 Å². The number of hydrogen-bond donors (Lipinski definition) is 1. The Kier molecular flexibility index (Phi) is 5.12. The fraction of sp³-hybridized carbons (Fsp3) is 0.400. The van der Waals surface area contributed by atoms with Crippen molar-refractivity contribution in [3.05, 3.63) is 58.1 Å². The van der Waals surface area contributed by atoms with Crippen molar-refractivity contribution in [3.63, 3.8) is 0 Å². The van der Waals surface area contributed by atoms with Gasteiger partial charge in [0.05, 0.1) is 6.61 Å². The topological polar surface area (TPSA) is 29.5 Å². The molecule has 0 aliphatic heterocycles. The number of phenols is 1. The van der Waals surface area contributed by atoms with E-state index in [0.29, 0.717) is 18.3 Å². The van der Waals surface area contributed by atoms with Crippen LogP contribution in [-0.2, 0) is 6.42 Å². The van der Waals surface area contributed by atoms with Crippen LogP contribution in [-0.4, -0.2) is 11.7 Å². The molecule has 0 aromatic heterocycles. The molecule has 2 aromatic carbocycles. The molecule has 0 bridgehead atoms. The molecule has 2 rings (SSSR count). The molecule has 2 heteroatoms. The standard InChI is InChI=1S/C20H26O2/c1-6-22-17-9-14(4)19(15(5)10-17)12-16-7-8-20(21)18(11-16)13(2)3/h7-11,13,21H,6,12H2,1-5H3. The molecule has 0 heterocycles. The van der Waals surface area contributed by atoms with E-state index in [1.165, 1.54) is 22.3 Å². The second-order valence-corrected chi connectivity index (χ2v) is 6.19. The molecule has 2 nitrogen and oxygen atoms in total. The minimum atomic E-state index is 0.322. The van der Waals surface area contributed by atoms with E-state index in [1.807, 2.05) is 19.1 Å². The van der Waals surface area contributed by atoms with E-state index in [9.17, 15) is 5.11 Å². The predicted octanol–water partition coefficient (Wildman–Crippen LogP) is 5.12. The lowest BCUT2D eigenvalue weighted by Crippen LogP contribution is -2.00. The highest BCUT2D eigenvalue weighted by Gasteiger charge is 2.10. The average molecular weight is 298 g/mol. The second kappa shape index (κ2) is 6.87. The zero-order chi connectivity index (χ0) is 16.3. The third-order valence-corrected chi connectivity index (χ3v) is 4.08. The van der Waals surface area contributed by atoms with Crippen molar-refractivity contribution in [3.8, 4) is 11.5 Å². The van der Waals surface area contributed by atoms with Crippen molar-refractivity contribution in [1.29, 1.82) is 0 Å². The molecular weight excluding hydrogens is 272 g/mol. The monoisotopic (exact) mass is 298 g/mol. The van der Waals surface area contributed by atoms with E-state index in [1.54, 1.807) is 0 Å². The predicted molar refractivity (Wildman–Crippen MR) is 92.1 cm³/mol. The molecule has 0 spiro atoms. The van der Waals surface area contributed by atoms with Gasteiger partial charge in [0.15, 0.2) is 0 Å². The lowest BCUT2D eigenvalue weighted by atomic mass is 9.93. The minimum absolute atomic E-state index is 0.322. The molecule has 1 N–H and O–H groups in total. The lowest BCUT2D eigenvalue weighted by Gasteiger charge is -2.15. The Bertz CT molecular complexity index is 634. The molecule has 22 heavy (non-hydrogen) atoms. The van der Waals surface area contributed by atoms with Crippen LogP contribution in [0.1, 0.15) is 54.5 Å². The molecule has 0 aliphatic rings. The lowest BCUT2D eigenvalue weighted by molar-refractivity contribution is 0.339. The van der Waals surface area contributed by atoms with Crippen LogP contribution in [0.4, 0.5) is 0 Å². The van der Waals surface area contributed by atoms with E-state index in [0.717, 1.165) is 17.7 Å². The van der Waals surface area contributed by atoms with Crippen LogP contribution in [0, 0.1) is 13.8 Å². The van der Waals surface area contributed by atoms with Crippen molar-refractivity contribution in [1.82, 2.24) is 0 Å². The SMILES string of the molecule is CCOc1cc(C)c(Cc2ccc(O)c(C(C)C)c2)c(C)c1. The number of benzene rings is 2. The maximum Gasteiger partial charge on any atom is 0.119 e. The Balaban J connectivity index is 2.33. The van der Waals surface area contributed by atoms with E-state index in [4.69, 9.17) is 4.74 Å². The third kappa shape index (κ3) is 3.62. The van der Waals surface area contributed by atoms with E-state index >= 15 is 0 Å². The summed E-state index contributed by atoms with van der Waals surface area (Å²) in [6.07, 6.45) is 0.879. The maximum absolute atomic E-state index is 9.96. The number of hydrogen-bond acceptors (Lipinski definition) is 2. The van der Waals surface area contributed by atoms with Crippen molar-refractivity contribution in [2.75, 3.05) is 6.61 Å². The number of aromatic hydroxyl groups is 1. The van der Waals surface area contributed by atoms with E-state index < -0.39 is 0 Å². The first-order valence-corrected chi connectivity index (χ1v) is 7.97. The van der Waals surface area contributed by atoms with Gasteiger partial charge in [-0.15, -0.1) is 0 Å². The van der Waals surface area contributed by atoms with Gasteiger partial charge in [-0.3, -0.25) is 0 Å². The minimum Gasteiger partial charge on any atom is -0.508 e. The summed E-state index contributed by atoms with van der Waals surface area (Å²) < 4.78 is 5.61. The van der Waals surface area contributed by atoms with Crippen molar-refractivity contribution in [2.45, 2.75) is 47.0 Å². The van der Waals surface area contributed by atoms with Gasteiger partial charge in [0.1, 0.15) is 11.5 Å². The normalized spacial score (nSPS) is 11.0. The quantitative estimate of drug-likeness (QED) is 0.830. The first kappa shape index (κ1) is 16.4. The highest BCUT2D eigenvalue weighted by Crippen LogP contribution is 2.29. The van der Waals surface area contributed by atoms with Crippen LogP contribution in [0.5, 0.6) is 11.5 Å². The average Bonchev–Trinajstić information content (AvgIpc) is 2.44. The molecule has 118 valence electrons. The highest BCUT2D eigenvalue weighted by molar-refractivity contribution is 5.45. The van der Waals surface area contributed by atoms with Gasteiger partial charge >= 0.3 is 0 Å². The van der Waals surface area contributed by atoms with Gasteiger partial charge in [0, 0.05) is 0 Å². The maximum atomic E-state index is 9.96. The molecule has 0 saturated carbocycles. The van der Waals surface area contributed by atoms with Gasteiger partial charge in [0.25, 0.3) is 0 Å².